The molecule has 19 heavy (non-hydrogen) atoms. The van der Waals surface area contributed by atoms with Gasteiger partial charge in [-0.2, -0.15) is 0 Å². The second-order valence-corrected chi connectivity index (χ2v) is 5.73. The Hall–Kier alpha value is -0.610. The number of nitrogens with zero attached hydrogens (tertiary/aromatic N) is 1. The molecule has 0 aromatic carbocycles. The Bertz CT molecular complexity index is 270. The number of rotatable bonds is 7. The first kappa shape index (κ1) is 16.4. The van der Waals surface area contributed by atoms with Crippen molar-refractivity contribution in [2.45, 2.75) is 59.0 Å². The Balaban J connectivity index is 2.38. The molecular weight excluding hydrogens is 238 g/mol. The fraction of sp³-hybridized carbons (Fsp3) is 0.933. The van der Waals surface area contributed by atoms with E-state index in [2.05, 4.69) is 43.2 Å². The second kappa shape index (κ2) is 8.54. The predicted molar refractivity (Wildman–Crippen MR) is 80.2 cm³/mol. The van der Waals surface area contributed by atoms with Crippen LogP contribution in [-0.2, 0) is 4.79 Å². The van der Waals surface area contributed by atoms with Gasteiger partial charge in [0.2, 0.25) is 5.91 Å². The first-order valence-electron chi connectivity index (χ1n) is 7.85. The number of hydrogen-bond donors (Lipinski definition) is 2. The molecule has 0 bridgehead atoms. The highest BCUT2D eigenvalue weighted by Crippen LogP contribution is 2.19. The summed E-state index contributed by atoms with van der Waals surface area (Å²) < 4.78 is 0. The molecule has 1 rings (SSSR count). The number of hydrogen-bond acceptors (Lipinski definition) is 3. The SMILES string of the molecule is CCNC1CCN(CC(=O)NC(C)CC)CC1CC. The molecular formula is C15H31N3O. The molecule has 3 unspecified atom stereocenters. The number of amides is 1. The van der Waals surface area contributed by atoms with Gasteiger partial charge in [0.05, 0.1) is 6.54 Å². The lowest BCUT2D eigenvalue weighted by Gasteiger charge is -2.38. The van der Waals surface area contributed by atoms with Crippen LogP contribution in [0.5, 0.6) is 0 Å². The average molecular weight is 269 g/mol. The minimum atomic E-state index is 0.172. The van der Waals surface area contributed by atoms with Crippen molar-refractivity contribution in [3.63, 3.8) is 0 Å². The minimum absolute atomic E-state index is 0.172. The maximum Gasteiger partial charge on any atom is 0.234 e. The molecule has 3 atom stereocenters. The van der Waals surface area contributed by atoms with E-state index < -0.39 is 0 Å². The Labute approximate surface area is 118 Å². The van der Waals surface area contributed by atoms with Crippen LogP contribution in [-0.4, -0.2) is 49.1 Å². The summed E-state index contributed by atoms with van der Waals surface area (Å²) in [6.07, 6.45) is 3.33. The molecule has 0 spiro atoms. The molecule has 4 heteroatoms. The highest BCUT2D eigenvalue weighted by Gasteiger charge is 2.28. The number of nitrogens with one attached hydrogen (secondary N) is 2. The number of carbonyl (C=O) groups excluding carboxylic acids is 1. The van der Waals surface area contributed by atoms with Crippen LogP contribution in [0.4, 0.5) is 0 Å². The summed E-state index contributed by atoms with van der Waals surface area (Å²) in [4.78, 5) is 14.2. The van der Waals surface area contributed by atoms with Gasteiger partial charge < -0.3 is 10.6 Å². The topological polar surface area (TPSA) is 44.4 Å². The normalized spacial score (nSPS) is 26.1. The zero-order chi connectivity index (χ0) is 14.3. The molecule has 1 amide bonds. The molecule has 1 saturated heterocycles. The smallest absolute Gasteiger partial charge is 0.234 e. The Morgan fingerprint density at radius 1 is 1.37 bits per heavy atom. The average Bonchev–Trinajstić information content (AvgIpc) is 2.40. The van der Waals surface area contributed by atoms with Crippen LogP contribution < -0.4 is 10.6 Å². The summed E-state index contributed by atoms with van der Waals surface area (Å²) in [5, 5.41) is 6.62. The van der Waals surface area contributed by atoms with Crippen molar-refractivity contribution in [1.29, 1.82) is 0 Å². The van der Waals surface area contributed by atoms with Crippen LogP contribution in [0, 0.1) is 5.92 Å². The van der Waals surface area contributed by atoms with Crippen LogP contribution >= 0.6 is 0 Å². The predicted octanol–water partition coefficient (Wildman–Crippen LogP) is 1.61. The van der Waals surface area contributed by atoms with Crippen molar-refractivity contribution >= 4 is 5.91 Å². The summed E-state index contributed by atoms with van der Waals surface area (Å²) in [7, 11) is 0. The third-order valence-corrected chi connectivity index (χ3v) is 4.20. The Morgan fingerprint density at radius 3 is 2.68 bits per heavy atom. The van der Waals surface area contributed by atoms with Crippen LogP contribution in [0.15, 0.2) is 0 Å². The zero-order valence-corrected chi connectivity index (χ0v) is 13.0. The Kier molecular flexibility index (Phi) is 7.39. The van der Waals surface area contributed by atoms with E-state index in [0.717, 1.165) is 32.5 Å². The lowest BCUT2D eigenvalue weighted by molar-refractivity contribution is -0.123. The molecule has 1 heterocycles. The van der Waals surface area contributed by atoms with E-state index in [4.69, 9.17) is 0 Å². The third-order valence-electron chi connectivity index (χ3n) is 4.20. The lowest BCUT2D eigenvalue weighted by Crippen LogP contribution is -2.51. The van der Waals surface area contributed by atoms with Gasteiger partial charge in [0.25, 0.3) is 0 Å². The maximum absolute atomic E-state index is 11.9. The summed E-state index contributed by atoms with van der Waals surface area (Å²) in [6, 6.07) is 0.914. The van der Waals surface area contributed by atoms with Gasteiger partial charge in [0.1, 0.15) is 0 Å². The standard InChI is InChI=1S/C15H31N3O/c1-5-12(4)17-15(19)11-18-9-8-14(16-7-3)13(6-2)10-18/h12-14,16H,5-11H2,1-4H3,(H,17,19). The van der Waals surface area contributed by atoms with Crippen LogP contribution in [0.3, 0.4) is 0 Å². The highest BCUT2D eigenvalue weighted by atomic mass is 16.2. The van der Waals surface area contributed by atoms with Crippen molar-refractivity contribution in [3.8, 4) is 0 Å². The zero-order valence-electron chi connectivity index (χ0n) is 13.0. The van der Waals surface area contributed by atoms with E-state index in [1.54, 1.807) is 0 Å². The van der Waals surface area contributed by atoms with E-state index in [-0.39, 0.29) is 11.9 Å². The first-order valence-corrected chi connectivity index (χ1v) is 7.85. The monoisotopic (exact) mass is 269 g/mol. The van der Waals surface area contributed by atoms with Crippen LogP contribution in [0.25, 0.3) is 0 Å². The molecule has 4 nitrogen and oxygen atoms in total. The third kappa shape index (κ3) is 5.49. The summed E-state index contributed by atoms with van der Waals surface area (Å²) in [6.45, 7) is 12.2. The molecule has 0 aromatic heterocycles. The fourth-order valence-corrected chi connectivity index (χ4v) is 2.82. The number of carbonyl (C=O) groups is 1. The van der Waals surface area contributed by atoms with Gasteiger partial charge in [-0.1, -0.05) is 27.2 Å². The van der Waals surface area contributed by atoms with Gasteiger partial charge in [-0.05, 0) is 32.2 Å². The molecule has 2 N–H and O–H groups in total. The molecule has 0 aliphatic carbocycles. The van der Waals surface area contributed by atoms with Crippen molar-refractivity contribution < 1.29 is 4.79 Å². The van der Waals surface area contributed by atoms with E-state index >= 15 is 0 Å². The molecule has 1 aliphatic heterocycles. The van der Waals surface area contributed by atoms with Crippen molar-refractivity contribution in [2.24, 2.45) is 5.92 Å². The second-order valence-electron chi connectivity index (χ2n) is 5.73. The molecule has 0 aromatic rings. The first-order chi connectivity index (χ1) is 9.10. The Morgan fingerprint density at radius 2 is 2.11 bits per heavy atom. The molecule has 1 aliphatic rings. The summed E-state index contributed by atoms with van der Waals surface area (Å²) in [5.41, 5.74) is 0. The molecule has 1 fully saturated rings. The van der Waals surface area contributed by atoms with Crippen LogP contribution in [0.1, 0.15) is 47.0 Å². The fourth-order valence-electron chi connectivity index (χ4n) is 2.82. The molecule has 0 radical (unpaired) electrons. The van der Waals surface area contributed by atoms with E-state index in [1.807, 2.05) is 0 Å². The summed E-state index contributed by atoms with van der Waals surface area (Å²) >= 11 is 0. The van der Waals surface area contributed by atoms with Crippen molar-refractivity contribution in [2.75, 3.05) is 26.2 Å². The van der Waals surface area contributed by atoms with Crippen molar-refractivity contribution in [3.05, 3.63) is 0 Å². The quantitative estimate of drug-likeness (QED) is 0.738. The molecule has 0 saturated carbocycles. The van der Waals surface area contributed by atoms with Gasteiger partial charge in [-0.3, -0.25) is 9.69 Å². The largest absolute Gasteiger partial charge is 0.353 e. The van der Waals surface area contributed by atoms with E-state index in [0.29, 0.717) is 18.5 Å². The summed E-state index contributed by atoms with van der Waals surface area (Å²) in [5.74, 6) is 0.844. The number of piperidine rings is 1. The van der Waals surface area contributed by atoms with E-state index in [9.17, 15) is 4.79 Å². The van der Waals surface area contributed by atoms with Gasteiger partial charge >= 0.3 is 0 Å². The van der Waals surface area contributed by atoms with Crippen LogP contribution in [0.2, 0.25) is 0 Å². The molecule has 112 valence electrons. The van der Waals surface area contributed by atoms with Crippen molar-refractivity contribution in [1.82, 2.24) is 15.5 Å². The van der Waals surface area contributed by atoms with Gasteiger partial charge in [-0.25, -0.2) is 0 Å². The van der Waals surface area contributed by atoms with E-state index in [1.165, 1.54) is 6.42 Å². The van der Waals surface area contributed by atoms with Gasteiger partial charge in [-0.15, -0.1) is 0 Å². The van der Waals surface area contributed by atoms with Gasteiger partial charge in [0, 0.05) is 25.2 Å². The maximum atomic E-state index is 11.9. The minimum Gasteiger partial charge on any atom is -0.353 e. The lowest BCUT2D eigenvalue weighted by atomic mass is 9.90. The highest BCUT2D eigenvalue weighted by molar-refractivity contribution is 5.78. The van der Waals surface area contributed by atoms with Gasteiger partial charge in [0.15, 0.2) is 0 Å². The number of likely N-dealkylation sites (tertiary alicyclic amines) is 1.